The fourth-order valence-electron chi connectivity index (χ4n) is 3.70. The second-order valence-electron chi connectivity index (χ2n) is 6.71. The van der Waals surface area contributed by atoms with E-state index in [0.29, 0.717) is 0 Å². The summed E-state index contributed by atoms with van der Waals surface area (Å²) in [5.41, 5.74) is 5.58. The van der Waals surface area contributed by atoms with Gasteiger partial charge in [0.25, 0.3) is 0 Å². The van der Waals surface area contributed by atoms with Crippen LogP contribution in [0.5, 0.6) is 0 Å². The number of hydrogen-bond acceptors (Lipinski definition) is 3. The van der Waals surface area contributed by atoms with Crippen LogP contribution in [0.3, 0.4) is 0 Å². The molecule has 2 fully saturated rings. The average Bonchev–Trinajstić information content (AvgIpc) is 2.78. The molecule has 0 radical (unpaired) electrons. The van der Waals surface area contributed by atoms with Crippen molar-refractivity contribution in [1.29, 1.82) is 0 Å². The molecule has 2 rings (SSSR count). The lowest BCUT2D eigenvalue weighted by Gasteiger charge is -2.32. The number of likely N-dealkylation sites (tertiary alicyclic amines) is 1. The van der Waals surface area contributed by atoms with Crippen molar-refractivity contribution < 1.29 is 5.11 Å². The number of aliphatic hydroxyl groups is 1. The monoisotopic (exact) mass is 254 g/mol. The van der Waals surface area contributed by atoms with Gasteiger partial charge in [0.05, 0.1) is 6.61 Å². The molecule has 2 aliphatic rings. The third kappa shape index (κ3) is 3.69. The predicted octanol–water partition coefficient (Wildman–Crippen LogP) is 2.13. The smallest absolute Gasteiger partial charge is 0.0608 e. The summed E-state index contributed by atoms with van der Waals surface area (Å²) in [4.78, 5) is 2.72. The van der Waals surface area contributed by atoms with Gasteiger partial charge in [-0.25, -0.2) is 0 Å². The third-order valence-electron chi connectivity index (χ3n) is 4.93. The first-order valence-corrected chi connectivity index (χ1v) is 7.76. The average molecular weight is 254 g/mol. The molecule has 0 aromatic carbocycles. The van der Waals surface area contributed by atoms with E-state index in [1.54, 1.807) is 0 Å². The molecule has 0 aromatic heterocycles. The summed E-state index contributed by atoms with van der Waals surface area (Å²) < 4.78 is 0. The molecule has 0 spiro atoms. The molecule has 18 heavy (non-hydrogen) atoms. The molecule has 0 aromatic rings. The van der Waals surface area contributed by atoms with Gasteiger partial charge in [0.2, 0.25) is 0 Å². The second-order valence-corrected chi connectivity index (χ2v) is 6.71. The maximum atomic E-state index is 9.12. The summed E-state index contributed by atoms with van der Waals surface area (Å²) in [5, 5.41) is 9.12. The zero-order chi connectivity index (χ0) is 13.0. The normalized spacial score (nSPS) is 32.2. The number of unbranched alkanes of at least 4 members (excludes halogenated alkanes) is 1. The minimum Gasteiger partial charge on any atom is -0.394 e. The van der Waals surface area contributed by atoms with E-state index in [0.717, 1.165) is 24.8 Å². The highest BCUT2D eigenvalue weighted by Crippen LogP contribution is 2.36. The maximum Gasteiger partial charge on any atom is 0.0608 e. The van der Waals surface area contributed by atoms with Gasteiger partial charge in [0.1, 0.15) is 0 Å². The van der Waals surface area contributed by atoms with Crippen LogP contribution in [0.15, 0.2) is 0 Å². The molecule has 3 N–H and O–H groups in total. The lowest BCUT2D eigenvalue weighted by Crippen LogP contribution is -2.40. The van der Waals surface area contributed by atoms with E-state index >= 15 is 0 Å². The van der Waals surface area contributed by atoms with Crippen molar-refractivity contribution in [2.45, 2.75) is 69.9 Å². The van der Waals surface area contributed by atoms with E-state index in [4.69, 9.17) is 10.8 Å². The standard InChI is InChI=1S/C15H30N2O/c1-15(16,12-18)9-4-5-10-17-11-8-13-6-2-3-7-14(13)17/h13-14,18H,2-12,16H2,1H3. The van der Waals surface area contributed by atoms with Crippen molar-refractivity contribution in [2.24, 2.45) is 11.7 Å². The Morgan fingerprint density at radius 3 is 2.78 bits per heavy atom. The molecule has 0 amide bonds. The van der Waals surface area contributed by atoms with E-state index in [1.165, 1.54) is 51.6 Å². The minimum absolute atomic E-state index is 0.0986. The fraction of sp³-hybridized carbons (Fsp3) is 1.00. The highest BCUT2D eigenvalue weighted by atomic mass is 16.3. The summed E-state index contributed by atoms with van der Waals surface area (Å²) in [5.74, 6) is 0.996. The SMILES string of the molecule is CC(N)(CO)CCCCN1CCC2CCCCC21. The van der Waals surface area contributed by atoms with Crippen molar-refractivity contribution in [2.75, 3.05) is 19.7 Å². The Labute approximate surface area is 112 Å². The summed E-state index contributed by atoms with van der Waals surface area (Å²) in [6, 6.07) is 0.890. The Morgan fingerprint density at radius 1 is 1.22 bits per heavy atom. The maximum absolute atomic E-state index is 9.12. The molecule has 106 valence electrons. The number of nitrogens with zero attached hydrogens (tertiary/aromatic N) is 1. The van der Waals surface area contributed by atoms with E-state index in [-0.39, 0.29) is 12.1 Å². The topological polar surface area (TPSA) is 49.5 Å². The molecule has 3 atom stereocenters. The molecule has 1 aliphatic carbocycles. The Bertz CT molecular complexity index is 255. The highest BCUT2D eigenvalue weighted by Gasteiger charge is 2.34. The number of hydrogen-bond donors (Lipinski definition) is 2. The van der Waals surface area contributed by atoms with Crippen molar-refractivity contribution in [1.82, 2.24) is 4.90 Å². The van der Waals surface area contributed by atoms with Gasteiger partial charge >= 0.3 is 0 Å². The molecular weight excluding hydrogens is 224 g/mol. The largest absolute Gasteiger partial charge is 0.394 e. The van der Waals surface area contributed by atoms with Crippen LogP contribution in [0.2, 0.25) is 0 Å². The quantitative estimate of drug-likeness (QED) is 0.714. The zero-order valence-corrected chi connectivity index (χ0v) is 11.9. The van der Waals surface area contributed by atoms with Crippen LogP contribution < -0.4 is 5.73 Å². The van der Waals surface area contributed by atoms with Gasteiger partial charge < -0.3 is 15.7 Å². The summed E-state index contributed by atoms with van der Waals surface area (Å²) in [7, 11) is 0. The van der Waals surface area contributed by atoms with Crippen LogP contribution in [-0.2, 0) is 0 Å². The first-order chi connectivity index (χ1) is 8.62. The lowest BCUT2D eigenvalue weighted by atomic mass is 9.85. The van der Waals surface area contributed by atoms with Gasteiger partial charge in [0.15, 0.2) is 0 Å². The lowest BCUT2D eigenvalue weighted by molar-refractivity contribution is 0.172. The summed E-state index contributed by atoms with van der Waals surface area (Å²) in [6.07, 6.45) is 10.5. The molecule has 3 unspecified atom stereocenters. The van der Waals surface area contributed by atoms with Crippen LogP contribution in [-0.4, -0.2) is 41.3 Å². The van der Waals surface area contributed by atoms with Crippen molar-refractivity contribution >= 4 is 0 Å². The summed E-state index contributed by atoms with van der Waals surface area (Å²) >= 11 is 0. The van der Waals surface area contributed by atoms with Crippen LogP contribution >= 0.6 is 0 Å². The van der Waals surface area contributed by atoms with Gasteiger partial charge in [0, 0.05) is 11.6 Å². The van der Waals surface area contributed by atoms with E-state index in [2.05, 4.69) is 4.90 Å². The van der Waals surface area contributed by atoms with Gasteiger partial charge in [-0.2, -0.15) is 0 Å². The van der Waals surface area contributed by atoms with Crippen molar-refractivity contribution in [3.63, 3.8) is 0 Å². The van der Waals surface area contributed by atoms with E-state index < -0.39 is 0 Å². The van der Waals surface area contributed by atoms with Crippen LogP contribution in [0.1, 0.15) is 58.3 Å². The number of rotatable bonds is 6. The third-order valence-corrected chi connectivity index (χ3v) is 4.93. The van der Waals surface area contributed by atoms with Crippen LogP contribution in [0.25, 0.3) is 0 Å². The van der Waals surface area contributed by atoms with Gasteiger partial charge in [-0.3, -0.25) is 0 Å². The Kier molecular flexibility index (Phi) is 5.05. The van der Waals surface area contributed by atoms with Crippen LogP contribution in [0, 0.1) is 5.92 Å². The first-order valence-electron chi connectivity index (χ1n) is 7.76. The van der Waals surface area contributed by atoms with Gasteiger partial charge in [-0.05, 0) is 58.0 Å². The van der Waals surface area contributed by atoms with Crippen LogP contribution in [0.4, 0.5) is 0 Å². The van der Waals surface area contributed by atoms with Gasteiger partial charge in [-0.15, -0.1) is 0 Å². The molecule has 1 saturated carbocycles. The first kappa shape index (κ1) is 14.3. The minimum atomic E-state index is -0.377. The van der Waals surface area contributed by atoms with E-state index in [9.17, 15) is 0 Å². The van der Waals surface area contributed by atoms with Crippen molar-refractivity contribution in [3.8, 4) is 0 Å². The molecule has 1 saturated heterocycles. The second kappa shape index (κ2) is 6.36. The number of fused-ring (bicyclic) bond motifs is 1. The molecule has 3 heteroatoms. The predicted molar refractivity (Wildman–Crippen MR) is 75.5 cm³/mol. The van der Waals surface area contributed by atoms with Crippen molar-refractivity contribution in [3.05, 3.63) is 0 Å². The Hall–Kier alpha value is -0.120. The molecule has 1 aliphatic heterocycles. The molecule has 3 nitrogen and oxygen atoms in total. The highest BCUT2D eigenvalue weighted by molar-refractivity contribution is 4.89. The molecule has 1 heterocycles. The molecular formula is C15H30N2O. The summed E-state index contributed by atoms with van der Waals surface area (Å²) in [6.45, 7) is 4.60. The Morgan fingerprint density at radius 2 is 2.00 bits per heavy atom. The fourth-order valence-corrected chi connectivity index (χ4v) is 3.70. The van der Waals surface area contributed by atoms with E-state index in [1.807, 2.05) is 6.92 Å². The Balaban J connectivity index is 1.65. The number of nitrogens with two attached hydrogens (primary N) is 1. The molecule has 0 bridgehead atoms. The van der Waals surface area contributed by atoms with Gasteiger partial charge in [-0.1, -0.05) is 19.3 Å². The zero-order valence-electron chi connectivity index (χ0n) is 11.9. The number of aliphatic hydroxyl groups excluding tert-OH is 1.